The summed E-state index contributed by atoms with van der Waals surface area (Å²) in [4.78, 5) is 4.02. The monoisotopic (exact) mass is 238 g/mol. The van der Waals surface area contributed by atoms with Gasteiger partial charge in [0.15, 0.2) is 0 Å². The van der Waals surface area contributed by atoms with Crippen LogP contribution in [0.25, 0.3) is 0 Å². The van der Waals surface area contributed by atoms with Gasteiger partial charge in [-0.1, -0.05) is 0 Å². The molecule has 96 valence electrons. The van der Waals surface area contributed by atoms with Gasteiger partial charge in [-0.25, -0.2) is 4.98 Å². The van der Waals surface area contributed by atoms with Crippen molar-refractivity contribution in [3.63, 3.8) is 0 Å². The Hall–Kier alpha value is -0.910. The molecule has 1 saturated heterocycles. The second kappa shape index (κ2) is 6.74. The molecule has 17 heavy (non-hydrogen) atoms. The molecule has 1 fully saturated rings. The molecule has 0 saturated carbocycles. The lowest BCUT2D eigenvalue weighted by Crippen LogP contribution is -2.45. The fourth-order valence-electron chi connectivity index (χ4n) is 2.14. The topological polar surface area (TPSA) is 51.1 Å². The molecular weight excluding hydrogens is 216 g/mol. The first-order valence-electron chi connectivity index (χ1n) is 6.35. The van der Waals surface area contributed by atoms with E-state index in [-0.39, 0.29) is 0 Å². The van der Waals surface area contributed by atoms with Crippen molar-refractivity contribution in [2.45, 2.75) is 32.0 Å². The number of morpholine rings is 1. The van der Waals surface area contributed by atoms with Crippen molar-refractivity contribution in [1.29, 1.82) is 0 Å². The summed E-state index contributed by atoms with van der Waals surface area (Å²) in [5.74, 6) is 0. The molecule has 1 aliphatic rings. The van der Waals surface area contributed by atoms with Crippen molar-refractivity contribution in [1.82, 2.24) is 20.2 Å². The third-order valence-corrected chi connectivity index (χ3v) is 3.06. The average Bonchev–Trinajstić information content (AvgIpc) is 2.83. The van der Waals surface area contributed by atoms with Crippen molar-refractivity contribution >= 4 is 0 Å². The fraction of sp³-hybridized carbons (Fsp3) is 0.750. The maximum atomic E-state index is 5.44. The smallest absolute Gasteiger partial charge is 0.0946 e. The summed E-state index contributed by atoms with van der Waals surface area (Å²) in [6, 6.07) is 1.01. The Morgan fingerprint density at radius 1 is 1.65 bits per heavy atom. The second-order valence-electron chi connectivity index (χ2n) is 4.62. The van der Waals surface area contributed by atoms with Gasteiger partial charge < -0.3 is 19.9 Å². The van der Waals surface area contributed by atoms with Crippen LogP contribution in [-0.2, 0) is 11.3 Å². The quantitative estimate of drug-likeness (QED) is 0.745. The van der Waals surface area contributed by atoms with E-state index in [1.165, 1.54) is 0 Å². The largest absolute Gasteiger partial charge is 0.379 e. The van der Waals surface area contributed by atoms with Crippen molar-refractivity contribution in [2.75, 3.05) is 26.3 Å². The first-order valence-corrected chi connectivity index (χ1v) is 6.35. The van der Waals surface area contributed by atoms with Gasteiger partial charge in [0, 0.05) is 44.1 Å². The minimum atomic E-state index is 0.500. The number of aromatic nitrogens is 2. The SMILES string of the molecule is CC(CC1COCCN1)NCCn1ccnc1. The predicted molar refractivity (Wildman–Crippen MR) is 66.9 cm³/mol. The molecule has 0 spiro atoms. The number of nitrogens with zero attached hydrogens (tertiary/aromatic N) is 2. The van der Waals surface area contributed by atoms with Crippen LogP contribution < -0.4 is 10.6 Å². The highest BCUT2D eigenvalue weighted by Gasteiger charge is 2.15. The first-order chi connectivity index (χ1) is 8.34. The molecule has 1 aromatic rings. The molecule has 0 aromatic carbocycles. The summed E-state index contributed by atoms with van der Waals surface area (Å²) < 4.78 is 7.53. The molecule has 2 rings (SSSR count). The Morgan fingerprint density at radius 3 is 3.29 bits per heavy atom. The third kappa shape index (κ3) is 4.46. The number of nitrogens with one attached hydrogen (secondary N) is 2. The molecule has 2 unspecified atom stereocenters. The predicted octanol–water partition coefficient (Wildman–Crippen LogP) is 0.240. The summed E-state index contributed by atoms with van der Waals surface area (Å²) in [7, 11) is 0. The molecule has 1 aliphatic heterocycles. The van der Waals surface area contributed by atoms with Crippen molar-refractivity contribution in [3.8, 4) is 0 Å². The number of imidazole rings is 1. The van der Waals surface area contributed by atoms with E-state index in [0.717, 1.165) is 39.3 Å². The fourth-order valence-corrected chi connectivity index (χ4v) is 2.14. The van der Waals surface area contributed by atoms with E-state index in [1.807, 2.05) is 18.7 Å². The normalized spacial score (nSPS) is 22.5. The molecule has 5 heteroatoms. The highest BCUT2D eigenvalue weighted by atomic mass is 16.5. The van der Waals surface area contributed by atoms with Crippen LogP contribution in [0.1, 0.15) is 13.3 Å². The first kappa shape index (κ1) is 12.5. The van der Waals surface area contributed by atoms with E-state index >= 15 is 0 Å². The van der Waals surface area contributed by atoms with Gasteiger partial charge in [0.1, 0.15) is 0 Å². The zero-order valence-corrected chi connectivity index (χ0v) is 10.4. The Labute approximate surface area is 103 Å². The third-order valence-electron chi connectivity index (χ3n) is 3.06. The van der Waals surface area contributed by atoms with Gasteiger partial charge in [-0.05, 0) is 13.3 Å². The van der Waals surface area contributed by atoms with Crippen LogP contribution in [0, 0.1) is 0 Å². The Bertz CT molecular complexity index is 295. The zero-order valence-electron chi connectivity index (χ0n) is 10.4. The van der Waals surface area contributed by atoms with Crippen LogP contribution in [0.3, 0.4) is 0 Å². The van der Waals surface area contributed by atoms with Gasteiger partial charge in [0.25, 0.3) is 0 Å². The highest BCUT2D eigenvalue weighted by Crippen LogP contribution is 2.02. The lowest BCUT2D eigenvalue weighted by Gasteiger charge is -2.26. The molecule has 2 N–H and O–H groups in total. The van der Waals surface area contributed by atoms with Crippen LogP contribution in [0.2, 0.25) is 0 Å². The van der Waals surface area contributed by atoms with Crippen LogP contribution in [0.5, 0.6) is 0 Å². The molecule has 0 radical (unpaired) electrons. The van der Waals surface area contributed by atoms with Crippen LogP contribution in [0.4, 0.5) is 0 Å². The molecule has 0 aliphatic carbocycles. The minimum absolute atomic E-state index is 0.500. The number of ether oxygens (including phenoxy) is 1. The highest BCUT2D eigenvalue weighted by molar-refractivity contribution is 4.77. The van der Waals surface area contributed by atoms with E-state index < -0.39 is 0 Å². The molecule has 1 aromatic heterocycles. The Balaban J connectivity index is 1.58. The Morgan fingerprint density at radius 2 is 2.59 bits per heavy atom. The summed E-state index contributed by atoms with van der Waals surface area (Å²) in [6.45, 7) is 6.84. The number of hydrogen-bond donors (Lipinski definition) is 2. The van der Waals surface area contributed by atoms with Crippen LogP contribution >= 0.6 is 0 Å². The summed E-state index contributed by atoms with van der Waals surface area (Å²) >= 11 is 0. The average molecular weight is 238 g/mol. The number of hydrogen-bond acceptors (Lipinski definition) is 4. The van der Waals surface area contributed by atoms with Gasteiger partial charge in [-0.15, -0.1) is 0 Å². The van der Waals surface area contributed by atoms with Crippen molar-refractivity contribution < 1.29 is 4.74 Å². The van der Waals surface area contributed by atoms with Crippen LogP contribution in [-0.4, -0.2) is 47.9 Å². The summed E-state index contributed by atoms with van der Waals surface area (Å²) in [5.41, 5.74) is 0. The van der Waals surface area contributed by atoms with E-state index in [1.54, 1.807) is 0 Å². The van der Waals surface area contributed by atoms with E-state index in [9.17, 15) is 0 Å². The molecule has 2 atom stereocenters. The van der Waals surface area contributed by atoms with Crippen molar-refractivity contribution in [3.05, 3.63) is 18.7 Å². The van der Waals surface area contributed by atoms with Gasteiger partial charge in [-0.3, -0.25) is 0 Å². The standard InChI is InChI=1S/C12H22N4O/c1-11(8-12-9-17-7-4-15-12)14-3-6-16-5-2-13-10-16/h2,5,10-12,14-15H,3-4,6-9H2,1H3. The van der Waals surface area contributed by atoms with Gasteiger partial charge in [0.05, 0.1) is 19.5 Å². The summed E-state index contributed by atoms with van der Waals surface area (Å²) in [5, 5.41) is 7.00. The van der Waals surface area contributed by atoms with Crippen LogP contribution in [0.15, 0.2) is 18.7 Å². The Kier molecular flexibility index (Phi) is 4.97. The van der Waals surface area contributed by atoms with Crippen molar-refractivity contribution in [2.24, 2.45) is 0 Å². The minimum Gasteiger partial charge on any atom is -0.379 e. The summed E-state index contributed by atoms with van der Waals surface area (Å²) in [6.07, 6.45) is 6.77. The maximum absolute atomic E-state index is 5.44. The lowest BCUT2D eigenvalue weighted by molar-refractivity contribution is 0.0712. The molecule has 0 amide bonds. The second-order valence-corrected chi connectivity index (χ2v) is 4.62. The van der Waals surface area contributed by atoms with Gasteiger partial charge in [-0.2, -0.15) is 0 Å². The molecular formula is C12H22N4O. The van der Waals surface area contributed by atoms with E-state index in [0.29, 0.717) is 12.1 Å². The zero-order chi connectivity index (χ0) is 11.9. The maximum Gasteiger partial charge on any atom is 0.0946 e. The molecule has 5 nitrogen and oxygen atoms in total. The lowest BCUT2D eigenvalue weighted by atomic mass is 10.1. The van der Waals surface area contributed by atoms with Gasteiger partial charge >= 0.3 is 0 Å². The molecule has 0 bridgehead atoms. The van der Waals surface area contributed by atoms with E-state index in [4.69, 9.17) is 4.74 Å². The van der Waals surface area contributed by atoms with Gasteiger partial charge in [0.2, 0.25) is 0 Å². The molecule has 2 heterocycles. The number of rotatable bonds is 6. The van der Waals surface area contributed by atoms with E-state index in [2.05, 4.69) is 27.1 Å².